The molecule has 7 heteroatoms. The molecule has 0 aromatic heterocycles. The highest BCUT2D eigenvalue weighted by atomic mass is 32.2. The third-order valence-electron chi connectivity index (χ3n) is 2.04. The summed E-state index contributed by atoms with van der Waals surface area (Å²) in [5, 5.41) is 0. The first-order valence-corrected chi connectivity index (χ1v) is 7.61. The first-order chi connectivity index (χ1) is 8.53. The van der Waals surface area contributed by atoms with Crippen LogP contribution in [-0.4, -0.2) is 37.0 Å². The Kier molecular flexibility index (Phi) is 6.51. The molecule has 0 unspecified atom stereocenters. The van der Waals surface area contributed by atoms with Crippen molar-refractivity contribution in [3.63, 3.8) is 0 Å². The second kappa shape index (κ2) is 6.91. The third kappa shape index (κ3) is 6.58. The van der Waals surface area contributed by atoms with E-state index in [1.807, 2.05) is 0 Å². The van der Waals surface area contributed by atoms with Gasteiger partial charge in [0.05, 0.1) is 0 Å². The molecule has 1 atom stereocenters. The minimum Gasteiger partial charge on any atom is -0.443 e. The van der Waals surface area contributed by atoms with E-state index in [2.05, 4.69) is 11.3 Å². The molecule has 112 valence electrons. The summed E-state index contributed by atoms with van der Waals surface area (Å²) in [5.41, 5.74) is -0.743. The number of nitrogens with one attached hydrogen (secondary N) is 1. The molecule has 0 rings (SSSR count). The highest BCUT2D eigenvalue weighted by molar-refractivity contribution is 7.87. The molecule has 1 N–H and O–H groups in total. The van der Waals surface area contributed by atoms with Crippen LogP contribution in [-0.2, 0) is 14.9 Å². The average molecular weight is 292 g/mol. The monoisotopic (exact) mass is 292 g/mol. The second-order valence-electron chi connectivity index (χ2n) is 5.19. The van der Waals surface area contributed by atoms with E-state index < -0.39 is 21.9 Å². The second-order valence-corrected chi connectivity index (χ2v) is 6.82. The predicted molar refractivity (Wildman–Crippen MR) is 74.9 cm³/mol. The summed E-state index contributed by atoms with van der Waals surface area (Å²) in [5.74, 6) is 0. The third-order valence-corrected chi connectivity index (χ3v) is 3.73. The summed E-state index contributed by atoms with van der Waals surface area (Å²) in [6.45, 7) is 11.9. The van der Waals surface area contributed by atoms with Crippen LogP contribution in [0.25, 0.3) is 0 Å². The molecule has 1 amide bonds. The highest BCUT2D eigenvalue weighted by Crippen LogP contribution is 2.12. The molecule has 0 bridgehead atoms. The van der Waals surface area contributed by atoms with Gasteiger partial charge in [0.2, 0.25) is 0 Å². The molecule has 0 spiro atoms. The fourth-order valence-corrected chi connectivity index (χ4v) is 2.63. The van der Waals surface area contributed by atoms with Gasteiger partial charge in [-0.05, 0) is 41.0 Å². The van der Waals surface area contributed by atoms with E-state index in [4.69, 9.17) is 4.74 Å². The Bertz CT molecular complexity index is 412. The van der Waals surface area contributed by atoms with Gasteiger partial charge < -0.3 is 4.74 Å². The molecule has 6 nitrogen and oxygen atoms in total. The van der Waals surface area contributed by atoms with E-state index in [0.29, 0.717) is 10.7 Å². The molecule has 0 fully saturated rings. The fraction of sp³-hybridized carbons (Fsp3) is 0.750. The van der Waals surface area contributed by atoms with Crippen molar-refractivity contribution in [2.24, 2.45) is 0 Å². The summed E-state index contributed by atoms with van der Waals surface area (Å²) in [6, 6.07) is -0.334. The van der Waals surface area contributed by atoms with Gasteiger partial charge >= 0.3 is 16.3 Å². The lowest BCUT2D eigenvalue weighted by Crippen LogP contribution is -2.48. The smallest absolute Gasteiger partial charge is 0.425 e. The van der Waals surface area contributed by atoms with E-state index in [1.54, 1.807) is 40.7 Å². The van der Waals surface area contributed by atoms with Crippen molar-refractivity contribution >= 4 is 16.3 Å². The number of carbonyl (C=O) groups excluding carboxylic acids is 1. The van der Waals surface area contributed by atoms with Crippen molar-refractivity contribution in [1.82, 2.24) is 9.03 Å². The van der Waals surface area contributed by atoms with Crippen LogP contribution in [0.2, 0.25) is 0 Å². The van der Waals surface area contributed by atoms with Crippen LogP contribution in [0.15, 0.2) is 12.7 Å². The van der Waals surface area contributed by atoms with Crippen molar-refractivity contribution in [3.05, 3.63) is 12.7 Å². The maximum absolute atomic E-state index is 12.1. The van der Waals surface area contributed by atoms with Crippen LogP contribution in [0.4, 0.5) is 4.79 Å². The zero-order chi connectivity index (χ0) is 15.3. The van der Waals surface area contributed by atoms with Crippen LogP contribution in [0, 0.1) is 0 Å². The molecular formula is C12H24N2O4S. The molecule has 0 aliphatic rings. The van der Waals surface area contributed by atoms with Gasteiger partial charge in [0.1, 0.15) is 5.60 Å². The van der Waals surface area contributed by atoms with Crippen LogP contribution in [0.5, 0.6) is 0 Å². The Morgan fingerprint density at radius 3 is 2.37 bits per heavy atom. The minimum absolute atomic E-state index is 0.00502. The number of hydrogen-bond acceptors (Lipinski definition) is 4. The molecule has 0 aliphatic heterocycles. The number of rotatable bonds is 6. The summed E-state index contributed by atoms with van der Waals surface area (Å²) in [6.07, 6.45) is 1.20. The van der Waals surface area contributed by atoms with Crippen molar-refractivity contribution in [1.29, 1.82) is 0 Å². The SMILES string of the molecule is C=CC[C@H](C)NS(=O)(=O)N(CC)C(=O)OC(C)(C)C. The van der Waals surface area contributed by atoms with Gasteiger partial charge in [-0.1, -0.05) is 6.08 Å². The summed E-state index contributed by atoms with van der Waals surface area (Å²) in [4.78, 5) is 11.8. The van der Waals surface area contributed by atoms with E-state index in [0.717, 1.165) is 0 Å². The quantitative estimate of drug-likeness (QED) is 0.760. The van der Waals surface area contributed by atoms with Crippen molar-refractivity contribution in [3.8, 4) is 0 Å². The van der Waals surface area contributed by atoms with Gasteiger partial charge in [-0.25, -0.2) is 4.79 Å². The standard InChI is InChI=1S/C12H24N2O4S/c1-7-9-10(3)13-19(16,17)14(8-2)11(15)18-12(4,5)6/h7,10,13H,1,8-9H2,2-6H3/t10-/m0/s1. The Balaban J connectivity index is 4.93. The van der Waals surface area contributed by atoms with Crippen LogP contribution >= 0.6 is 0 Å². The molecule has 19 heavy (non-hydrogen) atoms. The van der Waals surface area contributed by atoms with E-state index in [1.165, 1.54) is 0 Å². The van der Waals surface area contributed by atoms with Crippen LogP contribution in [0.1, 0.15) is 41.0 Å². The van der Waals surface area contributed by atoms with Gasteiger partial charge in [0, 0.05) is 12.6 Å². The van der Waals surface area contributed by atoms with Crippen LogP contribution < -0.4 is 4.72 Å². The predicted octanol–water partition coefficient (Wildman–Crippen LogP) is 2.04. The highest BCUT2D eigenvalue weighted by Gasteiger charge is 2.31. The normalized spacial score (nSPS) is 13.7. The Labute approximate surface area is 116 Å². The summed E-state index contributed by atoms with van der Waals surface area (Å²) >= 11 is 0. The largest absolute Gasteiger partial charge is 0.443 e. The number of hydrogen-bond donors (Lipinski definition) is 1. The Morgan fingerprint density at radius 2 is 2.00 bits per heavy atom. The van der Waals surface area contributed by atoms with E-state index in [9.17, 15) is 13.2 Å². The van der Waals surface area contributed by atoms with Crippen molar-refractivity contribution in [2.45, 2.75) is 52.7 Å². The van der Waals surface area contributed by atoms with Gasteiger partial charge in [-0.3, -0.25) is 0 Å². The molecule has 0 radical (unpaired) electrons. The lowest BCUT2D eigenvalue weighted by atomic mass is 10.2. The van der Waals surface area contributed by atoms with Crippen molar-refractivity contribution in [2.75, 3.05) is 6.54 Å². The lowest BCUT2D eigenvalue weighted by molar-refractivity contribution is 0.0395. The maximum Gasteiger partial charge on any atom is 0.425 e. The average Bonchev–Trinajstić information content (AvgIpc) is 2.13. The molecule has 0 aromatic carbocycles. The zero-order valence-corrected chi connectivity index (χ0v) is 13.1. The molecule has 0 saturated heterocycles. The van der Waals surface area contributed by atoms with Gasteiger partial charge in [-0.2, -0.15) is 17.4 Å². The molecule has 0 saturated carbocycles. The first kappa shape index (κ1) is 17.9. The lowest BCUT2D eigenvalue weighted by Gasteiger charge is -2.27. The van der Waals surface area contributed by atoms with Gasteiger partial charge in [0.15, 0.2) is 0 Å². The first-order valence-electron chi connectivity index (χ1n) is 6.17. The van der Waals surface area contributed by atoms with Gasteiger partial charge in [-0.15, -0.1) is 6.58 Å². The minimum atomic E-state index is -3.90. The fourth-order valence-electron chi connectivity index (χ4n) is 1.33. The number of ether oxygens (including phenoxy) is 1. The number of carbonyl (C=O) groups is 1. The number of nitrogens with zero attached hydrogens (tertiary/aromatic N) is 1. The summed E-state index contributed by atoms with van der Waals surface area (Å²) in [7, 11) is -3.90. The topological polar surface area (TPSA) is 75.7 Å². The zero-order valence-electron chi connectivity index (χ0n) is 12.3. The molecule has 0 aromatic rings. The summed E-state index contributed by atoms with van der Waals surface area (Å²) < 4.78 is 32.3. The Hall–Kier alpha value is -1.08. The molecule has 0 heterocycles. The Morgan fingerprint density at radius 1 is 1.47 bits per heavy atom. The molecule has 0 aliphatic carbocycles. The number of amides is 1. The van der Waals surface area contributed by atoms with E-state index in [-0.39, 0.29) is 12.6 Å². The van der Waals surface area contributed by atoms with Crippen molar-refractivity contribution < 1.29 is 17.9 Å². The van der Waals surface area contributed by atoms with Crippen LogP contribution in [0.3, 0.4) is 0 Å². The van der Waals surface area contributed by atoms with Gasteiger partial charge in [0.25, 0.3) is 0 Å². The van der Waals surface area contributed by atoms with E-state index >= 15 is 0 Å². The molecular weight excluding hydrogens is 268 g/mol. The maximum atomic E-state index is 12.1.